The maximum Gasteiger partial charge on any atom is 0.435 e. The first kappa shape index (κ1) is 18.3. The molecular formula is C18H21F3N4O. The summed E-state index contributed by atoms with van der Waals surface area (Å²) >= 11 is 0. The van der Waals surface area contributed by atoms with Crippen molar-refractivity contribution in [2.24, 2.45) is 0 Å². The van der Waals surface area contributed by atoms with Crippen molar-refractivity contribution in [1.82, 2.24) is 14.7 Å². The maximum atomic E-state index is 13.0. The molecule has 1 aliphatic heterocycles. The van der Waals surface area contributed by atoms with E-state index >= 15 is 0 Å². The minimum Gasteiger partial charge on any atom is -0.368 e. The first-order chi connectivity index (χ1) is 12.3. The van der Waals surface area contributed by atoms with Crippen molar-refractivity contribution in [2.45, 2.75) is 26.6 Å². The van der Waals surface area contributed by atoms with Gasteiger partial charge in [-0.05, 0) is 26.0 Å². The Hall–Kier alpha value is -2.51. The Labute approximate surface area is 150 Å². The molecule has 2 heterocycles. The number of hydrogen-bond donors (Lipinski definition) is 0. The largest absolute Gasteiger partial charge is 0.435 e. The molecule has 0 atom stereocenters. The Morgan fingerprint density at radius 2 is 1.69 bits per heavy atom. The van der Waals surface area contributed by atoms with Gasteiger partial charge < -0.3 is 9.80 Å². The third-order valence-electron chi connectivity index (χ3n) is 4.81. The number of hydrogen-bond acceptors (Lipinski definition) is 3. The standard InChI is InChI=1S/C18H21F3N4O/c1-13-14(2)25(22-17(13)18(19,20)21)12-16(26)24-10-8-23(9-11-24)15-6-4-3-5-7-15/h3-7H,8-12H2,1-2H3. The third-order valence-corrected chi connectivity index (χ3v) is 4.81. The first-order valence-electron chi connectivity index (χ1n) is 8.46. The van der Waals surface area contributed by atoms with E-state index in [9.17, 15) is 18.0 Å². The Kier molecular flexibility index (Phi) is 4.93. The van der Waals surface area contributed by atoms with Crippen molar-refractivity contribution in [3.63, 3.8) is 0 Å². The molecule has 1 aromatic carbocycles. The molecular weight excluding hydrogens is 345 g/mol. The summed E-state index contributed by atoms with van der Waals surface area (Å²) in [6.07, 6.45) is -4.51. The number of nitrogens with zero attached hydrogens (tertiary/aromatic N) is 4. The second-order valence-corrected chi connectivity index (χ2v) is 6.42. The van der Waals surface area contributed by atoms with E-state index in [0.29, 0.717) is 31.9 Å². The molecule has 0 unspecified atom stereocenters. The molecule has 0 spiro atoms. The van der Waals surface area contributed by atoms with E-state index in [2.05, 4.69) is 10.00 Å². The van der Waals surface area contributed by atoms with Crippen molar-refractivity contribution >= 4 is 11.6 Å². The summed E-state index contributed by atoms with van der Waals surface area (Å²) in [6.45, 7) is 5.23. The number of carbonyl (C=O) groups excluding carboxylic acids is 1. The molecule has 0 aliphatic carbocycles. The van der Waals surface area contributed by atoms with E-state index in [1.165, 1.54) is 6.92 Å². The Morgan fingerprint density at radius 1 is 1.08 bits per heavy atom. The van der Waals surface area contributed by atoms with Crippen LogP contribution in [0.25, 0.3) is 0 Å². The smallest absolute Gasteiger partial charge is 0.368 e. The second-order valence-electron chi connectivity index (χ2n) is 6.42. The minimum atomic E-state index is -4.51. The van der Waals surface area contributed by atoms with Crippen LogP contribution in [0, 0.1) is 13.8 Å². The molecule has 0 bridgehead atoms. The van der Waals surface area contributed by atoms with Crippen LogP contribution in [0.1, 0.15) is 17.0 Å². The van der Waals surface area contributed by atoms with E-state index in [0.717, 1.165) is 10.4 Å². The quantitative estimate of drug-likeness (QED) is 0.839. The van der Waals surface area contributed by atoms with Crippen molar-refractivity contribution in [3.8, 4) is 0 Å². The van der Waals surface area contributed by atoms with Crippen LogP contribution in [0.3, 0.4) is 0 Å². The minimum absolute atomic E-state index is 0.0687. The van der Waals surface area contributed by atoms with Crippen molar-refractivity contribution in [2.75, 3.05) is 31.1 Å². The zero-order valence-electron chi connectivity index (χ0n) is 14.8. The highest BCUT2D eigenvalue weighted by molar-refractivity contribution is 5.76. The highest BCUT2D eigenvalue weighted by Gasteiger charge is 2.37. The number of alkyl halides is 3. The number of amides is 1. The van der Waals surface area contributed by atoms with Gasteiger partial charge in [-0.1, -0.05) is 18.2 Å². The van der Waals surface area contributed by atoms with Gasteiger partial charge >= 0.3 is 6.18 Å². The topological polar surface area (TPSA) is 41.4 Å². The molecule has 5 nitrogen and oxygen atoms in total. The molecule has 3 rings (SSSR count). The van der Waals surface area contributed by atoms with E-state index in [4.69, 9.17) is 0 Å². The van der Waals surface area contributed by atoms with Crippen LogP contribution in [-0.4, -0.2) is 46.8 Å². The molecule has 0 N–H and O–H groups in total. The van der Waals surface area contributed by atoms with E-state index in [-0.39, 0.29) is 18.0 Å². The van der Waals surface area contributed by atoms with Gasteiger partial charge in [-0.15, -0.1) is 0 Å². The summed E-state index contributed by atoms with van der Waals surface area (Å²) in [5.41, 5.74) is 0.623. The number of aromatic nitrogens is 2. The zero-order chi connectivity index (χ0) is 18.9. The maximum absolute atomic E-state index is 13.0. The number of benzene rings is 1. The Morgan fingerprint density at radius 3 is 2.23 bits per heavy atom. The highest BCUT2D eigenvalue weighted by atomic mass is 19.4. The highest BCUT2D eigenvalue weighted by Crippen LogP contribution is 2.31. The number of halogens is 3. The van der Waals surface area contributed by atoms with Crippen molar-refractivity contribution in [1.29, 1.82) is 0 Å². The molecule has 1 amide bonds. The van der Waals surface area contributed by atoms with Gasteiger partial charge in [0.25, 0.3) is 0 Å². The van der Waals surface area contributed by atoms with Crippen LogP contribution in [0.5, 0.6) is 0 Å². The van der Waals surface area contributed by atoms with Crippen molar-refractivity contribution < 1.29 is 18.0 Å². The molecule has 0 saturated carbocycles. The summed E-state index contributed by atoms with van der Waals surface area (Å²) in [5.74, 6) is -0.211. The molecule has 1 fully saturated rings. The SMILES string of the molecule is Cc1c(C(F)(F)F)nn(CC(=O)N2CCN(c3ccccc3)CC2)c1C. The van der Waals surface area contributed by atoms with Gasteiger partial charge in [0, 0.05) is 43.1 Å². The summed E-state index contributed by atoms with van der Waals surface area (Å²) in [7, 11) is 0. The number of rotatable bonds is 3. The van der Waals surface area contributed by atoms with Crippen molar-refractivity contribution in [3.05, 3.63) is 47.3 Å². The lowest BCUT2D eigenvalue weighted by Crippen LogP contribution is -2.49. The number of piperazine rings is 1. The predicted molar refractivity (Wildman–Crippen MR) is 91.9 cm³/mol. The van der Waals surface area contributed by atoms with Crippen LogP contribution in [0.15, 0.2) is 30.3 Å². The summed E-state index contributed by atoms with van der Waals surface area (Å²) in [5, 5.41) is 3.61. The van der Waals surface area contributed by atoms with E-state index < -0.39 is 11.9 Å². The molecule has 1 saturated heterocycles. The molecule has 2 aromatic rings. The summed E-state index contributed by atoms with van der Waals surface area (Å²) in [4.78, 5) is 16.4. The second kappa shape index (κ2) is 7.01. The van der Waals surface area contributed by atoms with Gasteiger partial charge in [0.1, 0.15) is 6.54 Å². The average molecular weight is 366 g/mol. The predicted octanol–water partition coefficient (Wildman–Crippen LogP) is 2.87. The first-order valence-corrected chi connectivity index (χ1v) is 8.46. The molecule has 140 valence electrons. The lowest BCUT2D eigenvalue weighted by atomic mass is 10.2. The molecule has 26 heavy (non-hydrogen) atoms. The van der Waals surface area contributed by atoms with Crippen LogP contribution >= 0.6 is 0 Å². The molecule has 8 heteroatoms. The van der Waals surface area contributed by atoms with E-state index in [1.807, 2.05) is 30.3 Å². The molecule has 1 aliphatic rings. The van der Waals surface area contributed by atoms with Gasteiger partial charge in [0.2, 0.25) is 5.91 Å². The number of carbonyl (C=O) groups is 1. The lowest BCUT2D eigenvalue weighted by molar-refractivity contribution is -0.142. The zero-order valence-corrected chi connectivity index (χ0v) is 14.8. The van der Waals surface area contributed by atoms with Crippen LogP contribution in [-0.2, 0) is 17.5 Å². The monoisotopic (exact) mass is 366 g/mol. The van der Waals surface area contributed by atoms with E-state index in [1.54, 1.807) is 11.8 Å². The van der Waals surface area contributed by atoms with Gasteiger partial charge in [0.05, 0.1) is 0 Å². The van der Waals surface area contributed by atoms with Crippen LogP contribution in [0.4, 0.5) is 18.9 Å². The van der Waals surface area contributed by atoms with Crippen LogP contribution < -0.4 is 4.90 Å². The summed E-state index contributed by atoms with van der Waals surface area (Å²) < 4.78 is 40.0. The number of anilines is 1. The Bertz CT molecular complexity index is 778. The Balaban J connectivity index is 1.63. The van der Waals surface area contributed by atoms with Gasteiger partial charge in [-0.3, -0.25) is 9.48 Å². The number of para-hydroxylation sites is 1. The van der Waals surface area contributed by atoms with Gasteiger partial charge in [0.15, 0.2) is 5.69 Å². The fourth-order valence-corrected chi connectivity index (χ4v) is 3.14. The fourth-order valence-electron chi connectivity index (χ4n) is 3.14. The molecule has 1 aromatic heterocycles. The lowest BCUT2D eigenvalue weighted by Gasteiger charge is -2.36. The van der Waals surface area contributed by atoms with Gasteiger partial charge in [-0.2, -0.15) is 18.3 Å². The van der Waals surface area contributed by atoms with Gasteiger partial charge in [-0.25, -0.2) is 0 Å². The summed E-state index contributed by atoms with van der Waals surface area (Å²) in [6, 6.07) is 9.92. The third kappa shape index (κ3) is 3.68. The normalized spacial score (nSPS) is 15.4. The van der Waals surface area contributed by atoms with Crippen LogP contribution in [0.2, 0.25) is 0 Å². The fraction of sp³-hybridized carbons (Fsp3) is 0.444. The molecule has 0 radical (unpaired) electrons. The average Bonchev–Trinajstić information content (AvgIpc) is 2.91.